The molecule has 2 rings (SSSR count). The lowest BCUT2D eigenvalue weighted by molar-refractivity contribution is 0.163. The molecule has 7 heteroatoms. The van der Waals surface area contributed by atoms with Crippen LogP contribution in [0.5, 0.6) is 0 Å². The van der Waals surface area contributed by atoms with Gasteiger partial charge in [-0.25, -0.2) is 8.42 Å². The molecule has 0 bridgehead atoms. The van der Waals surface area contributed by atoms with Crippen LogP contribution in [-0.2, 0) is 21.6 Å². The van der Waals surface area contributed by atoms with Gasteiger partial charge in [0.15, 0.2) is 0 Å². The van der Waals surface area contributed by atoms with Crippen molar-refractivity contribution < 1.29 is 13.2 Å². The van der Waals surface area contributed by atoms with E-state index in [0.29, 0.717) is 12.5 Å². The van der Waals surface area contributed by atoms with Gasteiger partial charge < -0.3 is 9.30 Å². The van der Waals surface area contributed by atoms with Gasteiger partial charge >= 0.3 is 0 Å². The predicted molar refractivity (Wildman–Crippen MR) is 61.5 cm³/mol. The van der Waals surface area contributed by atoms with Crippen molar-refractivity contribution >= 4 is 9.84 Å². The molecule has 0 spiro atoms. The smallest absolute Gasteiger partial charge is 0.249 e. The Kier molecular flexibility index (Phi) is 3.48. The predicted octanol–water partition coefficient (Wildman–Crippen LogP) is 0.503. The number of ether oxygens (including phenoxy) is 1. The minimum absolute atomic E-state index is 0.0442. The van der Waals surface area contributed by atoms with E-state index in [1.165, 1.54) is 0 Å². The van der Waals surface area contributed by atoms with E-state index in [-0.39, 0.29) is 17.5 Å². The van der Waals surface area contributed by atoms with Gasteiger partial charge in [-0.15, -0.1) is 10.2 Å². The van der Waals surface area contributed by atoms with E-state index in [1.807, 2.05) is 6.92 Å². The Morgan fingerprint density at radius 2 is 2.12 bits per heavy atom. The fourth-order valence-corrected chi connectivity index (χ4v) is 2.89. The maximum atomic E-state index is 12.0. The third-order valence-corrected chi connectivity index (χ3v) is 4.41. The Morgan fingerprint density at radius 1 is 1.41 bits per heavy atom. The van der Waals surface area contributed by atoms with Crippen LogP contribution in [0.4, 0.5) is 0 Å². The number of rotatable bonds is 6. The molecule has 1 aromatic heterocycles. The molecular weight excluding hydrogens is 242 g/mol. The first-order chi connectivity index (χ1) is 8.06. The molecule has 1 fully saturated rings. The van der Waals surface area contributed by atoms with Gasteiger partial charge in [0.2, 0.25) is 15.0 Å². The molecule has 0 saturated heterocycles. The zero-order valence-electron chi connectivity index (χ0n) is 10.1. The summed E-state index contributed by atoms with van der Waals surface area (Å²) in [6, 6.07) is 0. The minimum atomic E-state index is -3.38. The standard InChI is InChI=1S/C10H17N3O3S/c1-3-16-6-7-17(14,15)10-12-11-9(13(10)2)8-4-5-8/h8H,3-7H2,1-2H3. The summed E-state index contributed by atoms with van der Waals surface area (Å²) in [7, 11) is -1.67. The maximum Gasteiger partial charge on any atom is 0.249 e. The van der Waals surface area contributed by atoms with Crippen molar-refractivity contribution in [3.05, 3.63) is 5.82 Å². The Balaban J connectivity index is 2.15. The van der Waals surface area contributed by atoms with Crippen molar-refractivity contribution in [1.29, 1.82) is 0 Å². The molecule has 1 aliphatic rings. The molecule has 0 aromatic carbocycles. The lowest BCUT2D eigenvalue weighted by atomic mass is 10.4. The second kappa shape index (κ2) is 4.73. The molecule has 96 valence electrons. The molecular formula is C10H17N3O3S. The highest BCUT2D eigenvalue weighted by Crippen LogP contribution is 2.39. The molecule has 0 N–H and O–H groups in total. The van der Waals surface area contributed by atoms with Gasteiger partial charge in [-0.3, -0.25) is 0 Å². The van der Waals surface area contributed by atoms with Gasteiger partial charge in [0.05, 0.1) is 12.4 Å². The van der Waals surface area contributed by atoms with Crippen LogP contribution in [0, 0.1) is 0 Å². The van der Waals surface area contributed by atoms with Crippen LogP contribution < -0.4 is 0 Å². The van der Waals surface area contributed by atoms with Gasteiger partial charge in [0.25, 0.3) is 0 Å². The zero-order valence-corrected chi connectivity index (χ0v) is 10.9. The van der Waals surface area contributed by atoms with Crippen LogP contribution in [0.1, 0.15) is 31.5 Å². The Bertz CT molecular complexity index is 491. The zero-order chi connectivity index (χ0) is 12.5. The Hall–Kier alpha value is -0.950. The molecule has 1 aromatic rings. The topological polar surface area (TPSA) is 74.1 Å². The normalized spacial score (nSPS) is 16.4. The average Bonchev–Trinajstić information content (AvgIpc) is 3.02. The number of nitrogens with zero attached hydrogens (tertiary/aromatic N) is 3. The molecule has 1 heterocycles. The van der Waals surface area contributed by atoms with Gasteiger partial charge in [-0.05, 0) is 19.8 Å². The third-order valence-electron chi connectivity index (χ3n) is 2.79. The molecule has 0 radical (unpaired) electrons. The van der Waals surface area contributed by atoms with E-state index in [1.54, 1.807) is 11.6 Å². The molecule has 0 amide bonds. The largest absolute Gasteiger partial charge is 0.381 e. The summed E-state index contributed by atoms with van der Waals surface area (Å²) in [5, 5.41) is 7.82. The van der Waals surface area contributed by atoms with Crippen molar-refractivity contribution in [3.63, 3.8) is 0 Å². The van der Waals surface area contributed by atoms with Gasteiger partial charge in [0.1, 0.15) is 5.82 Å². The molecule has 17 heavy (non-hydrogen) atoms. The summed E-state index contributed by atoms with van der Waals surface area (Å²) < 4.78 is 30.6. The lowest BCUT2D eigenvalue weighted by Gasteiger charge is -2.04. The summed E-state index contributed by atoms with van der Waals surface area (Å²) in [6.45, 7) is 2.55. The van der Waals surface area contributed by atoms with E-state index in [0.717, 1.165) is 18.7 Å². The van der Waals surface area contributed by atoms with Crippen molar-refractivity contribution in [2.75, 3.05) is 19.0 Å². The summed E-state index contributed by atoms with van der Waals surface area (Å²) in [4.78, 5) is 0. The number of aromatic nitrogens is 3. The molecule has 6 nitrogen and oxygen atoms in total. The highest BCUT2D eigenvalue weighted by molar-refractivity contribution is 7.91. The fraction of sp³-hybridized carbons (Fsp3) is 0.800. The molecule has 0 aliphatic heterocycles. The van der Waals surface area contributed by atoms with Crippen molar-refractivity contribution in [2.24, 2.45) is 7.05 Å². The fourth-order valence-electron chi connectivity index (χ4n) is 1.70. The molecule has 1 aliphatic carbocycles. The van der Waals surface area contributed by atoms with E-state index in [2.05, 4.69) is 10.2 Å². The Morgan fingerprint density at radius 3 is 2.71 bits per heavy atom. The van der Waals surface area contributed by atoms with Gasteiger partial charge in [0, 0.05) is 19.6 Å². The number of hydrogen-bond acceptors (Lipinski definition) is 5. The first kappa shape index (κ1) is 12.5. The third kappa shape index (κ3) is 2.66. The minimum Gasteiger partial charge on any atom is -0.381 e. The first-order valence-corrected chi connectivity index (χ1v) is 7.41. The highest BCUT2D eigenvalue weighted by atomic mass is 32.2. The van der Waals surface area contributed by atoms with Crippen LogP contribution in [0.15, 0.2) is 5.16 Å². The molecule has 1 saturated carbocycles. The second-order valence-electron chi connectivity index (χ2n) is 4.19. The van der Waals surface area contributed by atoms with Crippen LogP contribution in [0.3, 0.4) is 0 Å². The highest BCUT2D eigenvalue weighted by Gasteiger charge is 2.32. The van der Waals surface area contributed by atoms with Crippen LogP contribution in [0.25, 0.3) is 0 Å². The summed E-state index contributed by atoms with van der Waals surface area (Å²) in [6.07, 6.45) is 2.15. The quantitative estimate of drug-likeness (QED) is 0.696. The van der Waals surface area contributed by atoms with Crippen LogP contribution in [-0.4, -0.2) is 42.1 Å². The summed E-state index contributed by atoms with van der Waals surface area (Å²) in [5.41, 5.74) is 0. The van der Waals surface area contributed by atoms with Crippen molar-refractivity contribution in [1.82, 2.24) is 14.8 Å². The summed E-state index contributed by atoms with van der Waals surface area (Å²) in [5.74, 6) is 1.13. The monoisotopic (exact) mass is 259 g/mol. The van der Waals surface area contributed by atoms with E-state index < -0.39 is 9.84 Å². The Labute approximate surface area is 101 Å². The van der Waals surface area contributed by atoms with E-state index >= 15 is 0 Å². The summed E-state index contributed by atoms with van der Waals surface area (Å²) >= 11 is 0. The number of hydrogen-bond donors (Lipinski definition) is 0. The SMILES string of the molecule is CCOCCS(=O)(=O)c1nnc(C2CC2)n1C. The second-order valence-corrected chi connectivity index (χ2v) is 6.19. The van der Waals surface area contributed by atoms with Crippen molar-refractivity contribution in [2.45, 2.75) is 30.8 Å². The van der Waals surface area contributed by atoms with E-state index in [4.69, 9.17) is 4.74 Å². The first-order valence-electron chi connectivity index (χ1n) is 5.76. The molecule has 0 atom stereocenters. The lowest BCUT2D eigenvalue weighted by Crippen LogP contribution is -2.17. The number of sulfone groups is 1. The van der Waals surface area contributed by atoms with Crippen LogP contribution >= 0.6 is 0 Å². The average molecular weight is 259 g/mol. The van der Waals surface area contributed by atoms with Crippen LogP contribution in [0.2, 0.25) is 0 Å². The maximum absolute atomic E-state index is 12.0. The van der Waals surface area contributed by atoms with E-state index in [9.17, 15) is 8.42 Å². The van der Waals surface area contributed by atoms with Gasteiger partial charge in [-0.2, -0.15) is 0 Å². The molecule has 0 unspecified atom stereocenters. The van der Waals surface area contributed by atoms with Gasteiger partial charge in [-0.1, -0.05) is 0 Å². The van der Waals surface area contributed by atoms with Crippen molar-refractivity contribution in [3.8, 4) is 0 Å².